The van der Waals surface area contributed by atoms with E-state index in [9.17, 15) is 48.8 Å². The van der Waals surface area contributed by atoms with Gasteiger partial charge in [-0.1, -0.05) is 24.3 Å². The molecular weight excluding hydrogens is 896 g/mol. The smallest absolute Gasteiger partial charge is 0.744 e. The molecule has 298 valence electrons. The molecule has 0 aliphatic heterocycles. The maximum atomic E-state index is 12.0. The molecule has 0 fully saturated rings. The molecule has 0 radical (unpaired) electrons. The molecule has 0 heterocycles. The molecular formula is C38H24N7Na3O11S3. The van der Waals surface area contributed by atoms with Gasteiger partial charge in [0.2, 0.25) is 5.91 Å². The summed E-state index contributed by atoms with van der Waals surface area (Å²) in [5.41, 5.74) is 1.37. The number of fused-ring (bicyclic) bond motifs is 3. The molecule has 7 aromatic rings. The van der Waals surface area contributed by atoms with Crippen molar-refractivity contribution in [2.45, 2.75) is 21.6 Å². The zero-order chi connectivity index (χ0) is 42.3. The van der Waals surface area contributed by atoms with Crippen molar-refractivity contribution in [3.8, 4) is 5.75 Å². The second-order valence-corrected chi connectivity index (χ2v) is 16.8. The fourth-order valence-electron chi connectivity index (χ4n) is 5.93. The number of hydrogen-bond donors (Lipinski definition) is 2. The molecule has 0 unspecified atom stereocenters. The Balaban J connectivity index is 0.00000282. The Morgan fingerprint density at radius 2 is 0.887 bits per heavy atom. The van der Waals surface area contributed by atoms with Crippen molar-refractivity contribution < 1.29 is 137 Å². The number of phenolic OH excluding ortho intramolecular Hbond substituents is 1. The van der Waals surface area contributed by atoms with Crippen LogP contribution >= 0.6 is 0 Å². The first-order chi connectivity index (χ1) is 27.8. The largest absolute Gasteiger partial charge is 1.00 e. The normalized spacial score (nSPS) is 12.1. The second-order valence-electron chi connectivity index (χ2n) is 12.6. The minimum atomic E-state index is -4.97. The van der Waals surface area contributed by atoms with E-state index in [1.165, 1.54) is 61.5 Å². The molecule has 1 amide bonds. The summed E-state index contributed by atoms with van der Waals surface area (Å²) in [7, 11) is -14.7. The number of azo groups is 3. The maximum absolute atomic E-state index is 12.0. The van der Waals surface area contributed by atoms with Gasteiger partial charge < -0.3 is 24.1 Å². The molecule has 0 aliphatic carbocycles. The Morgan fingerprint density at radius 3 is 1.34 bits per heavy atom. The van der Waals surface area contributed by atoms with Gasteiger partial charge in [-0.2, -0.15) is 5.11 Å². The molecule has 18 nitrogen and oxygen atoms in total. The number of carbonyl (C=O) groups is 1. The zero-order valence-corrected chi connectivity index (χ0v) is 41.4. The molecule has 0 saturated carbocycles. The van der Waals surface area contributed by atoms with E-state index >= 15 is 0 Å². The van der Waals surface area contributed by atoms with Crippen molar-refractivity contribution in [2.75, 3.05) is 5.32 Å². The summed E-state index contributed by atoms with van der Waals surface area (Å²) in [4.78, 5) is 9.67. The summed E-state index contributed by atoms with van der Waals surface area (Å²) >= 11 is 0. The standard InChI is InChI=1S/C38H27N7O11S3.3Na/c1-21(46)39-23-3-5-24(6-4-23)40-41-33-13-15-35(31-19-26(58(51,52)53)8-11-29(31)33)43-42-34-14-16-36(32-20-27(59(54,55)56)9-12-30(32)34)44-45-38-28-10-7-25(57(48,49)50)18-22(28)2-17-37(38)47;;;/h2-20,47H,1H3,(H,39,46)(H,48,49,50)(H,51,52,53)(H,54,55,56);;;/q;3*+1/p-3. The fraction of sp³-hybridized carbons (Fsp3) is 0.0263. The first kappa shape index (κ1) is 50.8. The fourth-order valence-corrected chi connectivity index (χ4v) is 7.43. The summed E-state index contributed by atoms with van der Waals surface area (Å²) in [5, 5.41) is 40.0. The molecule has 0 spiro atoms. The molecule has 0 aromatic heterocycles. The summed E-state index contributed by atoms with van der Waals surface area (Å²) in [6.07, 6.45) is 0. The van der Waals surface area contributed by atoms with E-state index in [0.29, 0.717) is 16.8 Å². The molecule has 7 aromatic carbocycles. The Labute approximate surface area is 419 Å². The van der Waals surface area contributed by atoms with Gasteiger partial charge in [0.1, 0.15) is 41.8 Å². The molecule has 2 N–H and O–H groups in total. The first-order valence-corrected chi connectivity index (χ1v) is 21.0. The van der Waals surface area contributed by atoms with E-state index in [-0.39, 0.29) is 156 Å². The van der Waals surface area contributed by atoms with Gasteiger partial charge in [-0.15, -0.1) is 25.6 Å². The number of anilines is 1. The van der Waals surface area contributed by atoms with Crippen LogP contribution in [-0.2, 0) is 35.1 Å². The average molecular weight is 920 g/mol. The van der Waals surface area contributed by atoms with Crippen LogP contribution < -0.4 is 94.0 Å². The van der Waals surface area contributed by atoms with Crippen LogP contribution in [0.1, 0.15) is 6.92 Å². The van der Waals surface area contributed by atoms with Gasteiger partial charge in [-0.25, -0.2) is 25.3 Å². The van der Waals surface area contributed by atoms with E-state index < -0.39 is 45.0 Å². The second kappa shape index (κ2) is 20.3. The Hall–Kier alpha value is -3.88. The predicted molar refractivity (Wildman–Crippen MR) is 211 cm³/mol. The molecule has 0 atom stereocenters. The van der Waals surface area contributed by atoms with Crippen LogP contribution in [0, 0.1) is 0 Å². The SMILES string of the molecule is CC(=O)Nc1ccc(N=Nc2ccc(N=Nc3ccc(N=Nc4c(O)ccc5cc(S(=O)(=O)[O-])ccc45)c4cc(S(=O)(=O)[O-])ccc34)c3cc(S(=O)(=O)[O-])ccc23)cc1.[Na+].[Na+].[Na+]. The van der Waals surface area contributed by atoms with Gasteiger partial charge in [0.15, 0.2) is 0 Å². The van der Waals surface area contributed by atoms with Crippen LogP contribution in [0.2, 0.25) is 0 Å². The van der Waals surface area contributed by atoms with E-state index in [4.69, 9.17) is 0 Å². The van der Waals surface area contributed by atoms with E-state index in [1.807, 2.05) is 0 Å². The number of amides is 1. The monoisotopic (exact) mass is 919 g/mol. The van der Waals surface area contributed by atoms with E-state index in [1.54, 1.807) is 24.3 Å². The van der Waals surface area contributed by atoms with Crippen molar-refractivity contribution in [2.24, 2.45) is 30.7 Å². The average Bonchev–Trinajstić information content (AvgIpc) is 3.18. The number of nitrogens with zero attached hydrogens (tertiary/aromatic N) is 6. The van der Waals surface area contributed by atoms with Gasteiger partial charge in [0.25, 0.3) is 0 Å². The zero-order valence-electron chi connectivity index (χ0n) is 32.9. The minimum absolute atomic E-state index is 0. The number of hydrogen-bond acceptors (Lipinski definition) is 17. The number of aromatic hydroxyl groups is 1. The third-order valence-electron chi connectivity index (χ3n) is 8.68. The van der Waals surface area contributed by atoms with E-state index in [0.717, 1.165) is 36.4 Å². The topological polar surface area (TPSA) is 295 Å². The van der Waals surface area contributed by atoms with Crippen molar-refractivity contribution in [3.63, 3.8) is 0 Å². The van der Waals surface area contributed by atoms with Crippen LogP contribution in [0.25, 0.3) is 32.3 Å². The van der Waals surface area contributed by atoms with Gasteiger partial charge in [0, 0.05) is 39.5 Å². The van der Waals surface area contributed by atoms with E-state index in [2.05, 4.69) is 36.0 Å². The van der Waals surface area contributed by atoms with Crippen LogP contribution in [0.3, 0.4) is 0 Å². The Morgan fingerprint density at radius 1 is 0.484 bits per heavy atom. The third-order valence-corrected chi connectivity index (χ3v) is 11.2. The first-order valence-electron chi connectivity index (χ1n) is 16.7. The summed E-state index contributed by atoms with van der Waals surface area (Å²) in [6, 6.07) is 25.3. The number of rotatable bonds is 10. The number of nitrogens with one attached hydrogen (secondary N) is 1. The van der Waals surface area contributed by atoms with Gasteiger partial charge >= 0.3 is 88.7 Å². The van der Waals surface area contributed by atoms with Crippen LogP contribution in [0.5, 0.6) is 5.75 Å². The van der Waals surface area contributed by atoms with Crippen molar-refractivity contribution >= 4 is 108 Å². The quantitative estimate of drug-likeness (QED) is 0.103. The minimum Gasteiger partial charge on any atom is -0.744 e. The summed E-state index contributed by atoms with van der Waals surface area (Å²) in [5.74, 6) is -0.609. The molecule has 24 heteroatoms. The van der Waals surface area contributed by atoms with Crippen molar-refractivity contribution in [1.29, 1.82) is 0 Å². The van der Waals surface area contributed by atoms with Crippen LogP contribution in [0.15, 0.2) is 161 Å². The number of carbonyl (C=O) groups excluding carboxylic acids is 1. The van der Waals surface area contributed by atoms with Crippen LogP contribution in [-0.4, -0.2) is 49.9 Å². The number of benzene rings is 7. The summed E-state index contributed by atoms with van der Waals surface area (Å²) in [6.45, 7) is 1.37. The third kappa shape index (κ3) is 11.6. The van der Waals surface area contributed by atoms with Crippen LogP contribution in [0.4, 0.5) is 39.8 Å². The molecule has 0 saturated heterocycles. The van der Waals surface area contributed by atoms with Gasteiger partial charge in [-0.3, -0.25) is 4.79 Å². The molecule has 0 bridgehead atoms. The van der Waals surface area contributed by atoms with Crippen molar-refractivity contribution in [3.05, 3.63) is 115 Å². The van der Waals surface area contributed by atoms with Gasteiger partial charge in [0.05, 0.1) is 43.1 Å². The van der Waals surface area contributed by atoms with Gasteiger partial charge in [-0.05, 0) is 96.4 Å². The number of phenols is 1. The Kier molecular flexibility index (Phi) is 16.6. The summed E-state index contributed by atoms with van der Waals surface area (Å²) < 4.78 is 107. The maximum Gasteiger partial charge on any atom is 1.00 e. The molecule has 62 heavy (non-hydrogen) atoms. The molecule has 0 aliphatic rings. The predicted octanol–water partition coefficient (Wildman–Crippen LogP) is -0.219. The van der Waals surface area contributed by atoms with Crippen molar-refractivity contribution in [1.82, 2.24) is 0 Å². The Bertz CT molecular complexity index is 3340. The molecule has 7 rings (SSSR count).